The molecule has 21 heavy (non-hydrogen) atoms. The molecule has 3 heteroatoms. The summed E-state index contributed by atoms with van der Waals surface area (Å²) in [6.45, 7) is 5.47. The van der Waals surface area contributed by atoms with Crippen LogP contribution in [0.25, 0.3) is 10.9 Å². The molecule has 1 heterocycles. The number of rotatable bonds is 3. The quantitative estimate of drug-likeness (QED) is 0.823. The van der Waals surface area contributed by atoms with E-state index in [0.717, 1.165) is 40.7 Å². The first kappa shape index (κ1) is 14.2. The van der Waals surface area contributed by atoms with Gasteiger partial charge in [0.2, 0.25) is 0 Å². The van der Waals surface area contributed by atoms with Gasteiger partial charge in [-0.1, -0.05) is 19.8 Å². The van der Waals surface area contributed by atoms with Crippen LogP contribution in [0.4, 0.5) is 11.4 Å². The van der Waals surface area contributed by atoms with Crippen LogP contribution in [-0.4, -0.2) is 11.5 Å². The second-order valence-corrected chi connectivity index (χ2v) is 6.59. The summed E-state index contributed by atoms with van der Waals surface area (Å²) < 4.78 is 0. The van der Waals surface area contributed by atoms with Crippen LogP contribution in [0.5, 0.6) is 0 Å². The van der Waals surface area contributed by atoms with Gasteiger partial charge in [0.25, 0.3) is 0 Å². The molecule has 2 aromatic rings. The molecule has 0 radical (unpaired) electrons. The molecule has 112 valence electrons. The number of pyridine rings is 1. The molecule has 1 aromatic carbocycles. The highest BCUT2D eigenvalue weighted by Crippen LogP contribution is 2.30. The summed E-state index contributed by atoms with van der Waals surface area (Å²) in [6.07, 6.45) is 5.43. The van der Waals surface area contributed by atoms with Crippen molar-refractivity contribution in [3.05, 3.63) is 30.0 Å². The van der Waals surface area contributed by atoms with Crippen LogP contribution in [0.1, 0.15) is 38.3 Å². The lowest BCUT2D eigenvalue weighted by Crippen LogP contribution is -2.20. The van der Waals surface area contributed by atoms with Crippen LogP contribution in [0.3, 0.4) is 0 Å². The molecule has 1 aliphatic rings. The molecule has 1 fully saturated rings. The average Bonchev–Trinajstić information content (AvgIpc) is 2.47. The molecule has 3 N–H and O–H groups in total. The van der Waals surface area contributed by atoms with E-state index in [4.69, 9.17) is 5.73 Å². The van der Waals surface area contributed by atoms with Crippen LogP contribution >= 0.6 is 0 Å². The second kappa shape index (κ2) is 5.92. The largest absolute Gasteiger partial charge is 0.399 e. The van der Waals surface area contributed by atoms with Crippen molar-refractivity contribution in [2.24, 2.45) is 11.8 Å². The predicted molar refractivity (Wildman–Crippen MR) is 90.5 cm³/mol. The molecule has 0 unspecified atom stereocenters. The number of hydrogen-bond donors (Lipinski definition) is 2. The van der Waals surface area contributed by atoms with Crippen LogP contribution in [-0.2, 0) is 0 Å². The molecular formula is C18H25N3. The Bertz CT molecular complexity index is 628. The van der Waals surface area contributed by atoms with Crippen molar-refractivity contribution in [1.82, 2.24) is 4.98 Å². The van der Waals surface area contributed by atoms with E-state index in [2.05, 4.69) is 23.3 Å². The Hall–Kier alpha value is -1.77. The minimum atomic E-state index is 0.794. The van der Waals surface area contributed by atoms with E-state index in [0.29, 0.717) is 0 Å². The lowest BCUT2D eigenvalue weighted by atomic mass is 9.83. The van der Waals surface area contributed by atoms with Gasteiger partial charge in [-0.3, -0.25) is 4.98 Å². The molecule has 0 spiro atoms. The molecule has 1 aliphatic carbocycles. The predicted octanol–water partition coefficient (Wildman–Crippen LogP) is 4.36. The van der Waals surface area contributed by atoms with Gasteiger partial charge in [0.15, 0.2) is 0 Å². The van der Waals surface area contributed by atoms with E-state index in [1.54, 1.807) is 0 Å². The number of nitrogens with one attached hydrogen (secondary N) is 1. The van der Waals surface area contributed by atoms with E-state index in [1.807, 2.05) is 25.1 Å². The monoisotopic (exact) mass is 283 g/mol. The third kappa shape index (κ3) is 3.29. The van der Waals surface area contributed by atoms with Crippen molar-refractivity contribution in [2.75, 3.05) is 17.6 Å². The van der Waals surface area contributed by atoms with E-state index >= 15 is 0 Å². The molecule has 0 saturated heterocycles. The number of aromatic nitrogens is 1. The Morgan fingerprint density at radius 1 is 1.19 bits per heavy atom. The van der Waals surface area contributed by atoms with Gasteiger partial charge in [-0.05, 0) is 55.9 Å². The normalized spacial score (nSPS) is 22.4. The minimum Gasteiger partial charge on any atom is -0.399 e. The number of nitrogen functional groups attached to an aromatic ring is 1. The Kier molecular flexibility index (Phi) is 4.00. The maximum Gasteiger partial charge on any atom is 0.0727 e. The Balaban J connectivity index is 1.78. The number of anilines is 2. The Labute approximate surface area is 127 Å². The van der Waals surface area contributed by atoms with Crippen molar-refractivity contribution < 1.29 is 0 Å². The maximum absolute atomic E-state index is 5.93. The minimum absolute atomic E-state index is 0.794. The van der Waals surface area contributed by atoms with Gasteiger partial charge in [-0.15, -0.1) is 0 Å². The first-order valence-corrected chi connectivity index (χ1v) is 8.02. The number of hydrogen-bond acceptors (Lipinski definition) is 3. The molecule has 1 saturated carbocycles. The fourth-order valence-electron chi connectivity index (χ4n) is 3.31. The standard InChI is InChI=1S/C18H25N3/c1-12-3-5-14(6-4-12)11-20-18-9-13(2)21-17-8-7-15(19)10-16(17)18/h7-10,12,14H,3-6,11,19H2,1-2H3,(H,20,21). The summed E-state index contributed by atoms with van der Waals surface area (Å²) in [7, 11) is 0. The third-order valence-corrected chi connectivity index (χ3v) is 4.68. The molecule has 1 aromatic heterocycles. The summed E-state index contributed by atoms with van der Waals surface area (Å²) >= 11 is 0. The van der Waals surface area contributed by atoms with E-state index in [9.17, 15) is 0 Å². The second-order valence-electron chi connectivity index (χ2n) is 6.59. The fourth-order valence-corrected chi connectivity index (χ4v) is 3.31. The van der Waals surface area contributed by atoms with E-state index in [-0.39, 0.29) is 0 Å². The average molecular weight is 283 g/mol. The fraction of sp³-hybridized carbons (Fsp3) is 0.500. The molecule has 0 aliphatic heterocycles. The number of benzene rings is 1. The summed E-state index contributed by atoms with van der Waals surface area (Å²) in [6, 6.07) is 8.08. The number of fused-ring (bicyclic) bond motifs is 1. The van der Waals surface area contributed by atoms with Gasteiger partial charge in [0.1, 0.15) is 0 Å². The maximum atomic E-state index is 5.93. The van der Waals surface area contributed by atoms with Gasteiger partial charge >= 0.3 is 0 Å². The van der Waals surface area contributed by atoms with Gasteiger partial charge in [-0.25, -0.2) is 0 Å². The highest BCUT2D eigenvalue weighted by Gasteiger charge is 2.18. The van der Waals surface area contributed by atoms with Crippen LogP contribution in [0.15, 0.2) is 24.3 Å². The van der Waals surface area contributed by atoms with E-state index < -0.39 is 0 Å². The summed E-state index contributed by atoms with van der Waals surface area (Å²) in [5.41, 5.74) is 9.96. The van der Waals surface area contributed by atoms with Gasteiger partial charge in [0.05, 0.1) is 5.52 Å². The number of nitrogens with two attached hydrogens (primary N) is 1. The number of nitrogens with zero attached hydrogens (tertiary/aromatic N) is 1. The zero-order valence-corrected chi connectivity index (χ0v) is 13.0. The van der Waals surface area contributed by atoms with Gasteiger partial charge in [0, 0.05) is 29.0 Å². The van der Waals surface area contributed by atoms with Gasteiger partial charge < -0.3 is 11.1 Å². The number of aryl methyl sites for hydroxylation is 1. The Morgan fingerprint density at radius 3 is 2.71 bits per heavy atom. The summed E-state index contributed by atoms with van der Waals surface area (Å²) in [5, 5.41) is 4.77. The lowest BCUT2D eigenvalue weighted by Gasteiger charge is -2.26. The molecule has 0 atom stereocenters. The van der Waals surface area contributed by atoms with Crippen LogP contribution in [0.2, 0.25) is 0 Å². The summed E-state index contributed by atoms with van der Waals surface area (Å²) in [4.78, 5) is 4.59. The molecular weight excluding hydrogens is 258 g/mol. The van der Waals surface area contributed by atoms with Crippen LogP contribution in [0, 0.1) is 18.8 Å². The third-order valence-electron chi connectivity index (χ3n) is 4.68. The van der Waals surface area contributed by atoms with Crippen molar-refractivity contribution >= 4 is 22.3 Å². The highest BCUT2D eigenvalue weighted by molar-refractivity contribution is 5.93. The smallest absolute Gasteiger partial charge is 0.0727 e. The van der Waals surface area contributed by atoms with Crippen molar-refractivity contribution in [3.8, 4) is 0 Å². The van der Waals surface area contributed by atoms with Crippen molar-refractivity contribution in [2.45, 2.75) is 39.5 Å². The molecule has 0 amide bonds. The zero-order valence-electron chi connectivity index (χ0n) is 13.0. The first-order chi connectivity index (χ1) is 10.1. The SMILES string of the molecule is Cc1cc(NCC2CCC(C)CC2)c2cc(N)ccc2n1. The van der Waals surface area contributed by atoms with Gasteiger partial charge in [-0.2, -0.15) is 0 Å². The zero-order chi connectivity index (χ0) is 14.8. The first-order valence-electron chi connectivity index (χ1n) is 8.02. The summed E-state index contributed by atoms with van der Waals surface area (Å²) in [5.74, 6) is 1.70. The molecule has 3 rings (SSSR count). The van der Waals surface area contributed by atoms with E-state index in [1.165, 1.54) is 31.4 Å². The molecule has 0 bridgehead atoms. The lowest BCUT2D eigenvalue weighted by molar-refractivity contribution is 0.300. The van der Waals surface area contributed by atoms with Crippen molar-refractivity contribution in [3.63, 3.8) is 0 Å². The highest BCUT2D eigenvalue weighted by atomic mass is 14.9. The molecule has 3 nitrogen and oxygen atoms in total. The topological polar surface area (TPSA) is 50.9 Å². The van der Waals surface area contributed by atoms with Crippen molar-refractivity contribution in [1.29, 1.82) is 0 Å². The van der Waals surface area contributed by atoms with Crippen LogP contribution < -0.4 is 11.1 Å². The Morgan fingerprint density at radius 2 is 1.95 bits per heavy atom.